The Hall–Kier alpha value is -2.86. The predicted octanol–water partition coefficient (Wildman–Crippen LogP) is 2.20. The highest BCUT2D eigenvalue weighted by atomic mass is 16.3. The SMILES string of the molecule is CN(C)[C@@H](CNc1c(NCc2ccco2)c(=O)c1=O)c1ccccc1. The summed E-state index contributed by atoms with van der Waals surface area (Å²) in [5.74, 6) is 0.703. The molecule has 0 aliphatic carbocycles. The molecule has 1 aromatic heterocycles. The topological polar surface area (TPSA) is 74.6 Å². The van der Waals surface area contributed by atoms with E-state index in [2.05, 4.69) is 15.5 Å². The van der Waals surface area contributed by atoms with Crippen LogP contribution in [-0.4, -0.2) is 25.5 Å². The summed E-state index contributed by atoms with van der Waals surface area (Å²) in [6, 6.07) is 13.7. The van der Waals surface area contributed by atoms with Gasteiger partial charge in [0.25, 0.3) is 10.9 Å². The van der Waals surface area contributed by atoms with Crippen molar-refractivity contribution in [3.8, 4) is 0 Å². The van der Waals surface area contributed by atoms with E-state index >= 15 is 0 Å². The fourth-order valence-corrected chi connectivity index (χ4v) is 2.79. The van der Waals surface area contributed by atoms with E-state index in [1.165, 1.54) is 0 Å². The van der Waals surface area contributed by atoms with Crippen molar-refractivity contribution in [2.45, 2.75) is 12.6 Å². The molecule has 6 nitrogen and oxygen atoms in total. The van der Waals surface area contributed by atoms with Crippen molar-refractivity contribution in [1.82, 2.24) is 4.90 Å². The van der Waals surface area contributed by atoms with E-state index in [1.54, 1.807) is 12.3 Å². The first-order valence-corrected chi connectivity index (χ1v) is 8.12. The molecular formula is C19H21N3O3. The molecule has 2 N–H and O–H groups in total. The summed E-state index contributed by atoms with van der Waals surface area (Å²) in [4.78, 5) is 25.8. The number of benzene rings is 1. The lowest BCUT2D eigenvalue weighted by atomic mass is 10.1. The second-order valence-electron chi connectivity index (χ2n) is 6.11. The molecule has 0 aliphatic rings. The normalized spacial score (nSPS) is 12.4. The lowest BCUT2D eigenvalue weighted by Crippen LogP contribution is -2.39. The average molecular weight is 339 g/mol. The van der Waals surface area contributed by atoms with Gasteiger partial charge in [0.2, 0.25) is 0 Å². The minimum atomic E-state index is -0.491. The Morgan fingerprint density at radius 1 is 0.960 bits per heavy atom. The Morgan fingerprint density at radius 3 is 2.24 bits per heavy atom. The summed E-state index contributed by atoms with van der Waals surface area (Å²) in [5.41, 5.74) is 0.845. The third kappa shape index (κ3) is 3.64. The Balaban J connectivity index is 1.69. The minimum Gasteiger partial charge on any atom is -0.467 e. The molecule has 0 spiro atoms. The zero-order valence-electron chi connectivity index (χ0n) is 14.3. The average Bonchev–Trinajstić information content (AvgIpc) is 3.14. The van der Waals surface area contributed by atoms with E-state index in [0.29, 0.717) is 30.2 Å². The summed E-state index contributed by atoms with van der Waals surface area (Å²) in [6.45, 7) is 0.889. The van der Waals surface area contributed by atoms with Gasteiger partial charge in [0, 0.05) is 6.54 Å². The molecule has 0 fully saturated rings. The summed E-state index contributed by atoms with van der Waals surface area (Å²) >= 11 is 0. The van der Waals surface area contributed by atoms with Crippen molar-refractivity contribution < 1.29 is 4.42 Å². The molecule has 130 valence electrons. The molecule has 0 radical (unpaired) electrons. The maximum Gasteiger partial charge on any atom is 0.253 e. The van der Waals surface area contributed by atoms with Gasteiger partial charge in [0.1, 0.15) is 17.1 Å². The highest BCUT2D eigenvalue weighted by Gasteiger charge is 2.22. The summed E-state index contributed by atoms with van der Waals surface area (Å²) in [6.07, 6.45) is 1.57. The lowest BCUT2D eigenvalue weighted by Gasteiger charge is -2.26. The van der Waals surface area contributed by atoms with Gasteiger partial charge in [-0.05, 0) is 31.8 Å². The molecule has 6 heteroatoms. The molecule has 0 aliphatic heterocycles. The van der Waals surface area contributed by atoms with Crippen molar-refractivity contribution >= 4 is 11.4 Å². The highest BCUT2D eigenvalue weighted by molar-refractivity contribution is 5.74. The Bertz CT molecular complexity index is 879. The van der Waals surface area contributed by atoms with Crippen LogP contribution < -0.4 is 21.5 Å². The van der Waals surface area contributed by atoms with Crippen LogP contribution in [0.4, 0.5) is 11.4 Å². The maximum atomic E-state index is 11.9. The van der Waals surface area contributed by atoms with Gasteiger partial charge < -0.3 is 20.0 Å². The monoisotopic (exact) mass is 339 g/mol. The van der Waals surface area contributed by atoms with Crippen LogP contribution in [0.2, 0.25) is 0 Å². The molecule has 2 aromatic carbocycles. The smallest absolute Gasteiger partial charge is 0.253 e. The van der Waals surface area contributed by atoms with Crippen molar-refractivity contribution in [2.75, 3.05) is 31.3 Å². The molecule has 3 aromatic rings. The van der Waals surface area contributed by atoms with Gasteiger partial charge in [-0.25, -0.2) is 0 Å². The van der Waals surface area contributed by atoms with Crippen LogP contribution in [0.1, 0.15) is 17.4 Å². The van der Waals surface area contributed by atoms with Crippen molar-refractivity contribution in [2.24, 2.45) is 0 Å². The van der Waals surface area contributed by atoms with Crippen LogP contribution in [0.25, 0.3) is 0 Å². The highest BCUT2D eigenvalue weighted by Crippen LogP contribution is 2.21. The zero-order valence-corrected chi connectivity index (χ0v) is 14.3. The van der Waals surface area contributed by atoms with Gasteiger partial charge >= 0.3 is 0 Å². The number of likely N-dealkylation sites (N-methyl/N-ethyl adjacent to an activating group) is 1. The van der Waals surface area contributed by atoms with Gasteiger partial charge in [-0.2, -0.15) is 0 Å². The number of furan rings is 1. The second-order valence-corrected chi connectivity index (χ2v) is 6.11. The predicted molar refractivity (Wildman–Crippen MR) is 98.7 cm³/mol. The molecule has 0 amide bonds. The number of nitrogens with zero attached hydrogens (tertiary/aromatic N) is 1. The van der Waals surface area contributed by atoms with Gasteiger partial charge in [-0.15, -0.1) is 0 Å². The number of rotatable bonds is 8. The zero-order chi connectivity index (χ0) is 17.8. The first kappa shape index (κ1) is 17.0. The fourth-order valence-electron chi connectivity index (χ4n) is 2.79. The van der Waals surface area contributed by atoms with Gasteiger partial charge in [0.05, 0.1) is 18.8 Å². The van der Waals surface area contributed by atoms with Crippen LogP contribution in [0.15, 0.2) is 62.7 Å². The van der Waals surface area contributed by atoms with E-state index in [1.807, 2.05) is 50.5 Å². The van der Waals surface area contributed by atoms with Crippen LogP contribution in [0.5, 0.6) is 0 Å². The minimum absolute atomic E-state index is 0.0866. The van der Waals surface area contributed by atoms with E-state index in [-0.39, 0.29) is 6.04 Å². The Morgan fingerprint density at radius 2 is 1.64 bits per heavy atom. The van der Waals surface area contributed by atoms with E-state index in [4.69, 9.17) is 4.42 Å². The standard InChI is InChI=1S/C19H21N3O3/c1-22(2)15(13-7-4-3-5-8-13)12-21-17-16(18(23)19(17)24)20-11-14-9-6-10-25-14/h3-10,15,20-21H,11-12H2,1-2H3/t15-/m0/s1. The van der Waals surface area contributed by atoms with Crippen LogP contribution in [0, 0.1) is 0 Å². The number of nitrogens with one attached hydrogen (secondary N) is 2. The molecule has 0 unspecified atom stereocenters. The Labute approximate surface area is 145 Å². The molecule has 1 heterocycles. The fraction of sp³-hybridized carbons (Fsp3) is 0.263. The molecule has 0 saturated heterocycles. The second kappa shape index (κ2) is 7.36. The van der Waals surface area contributed by atoms with Crippen molar-refractivity contribution in [3.05, 3.63) is 80.5 Å². The first-order chi connectivity index (χ1) is 12.1. The van der Waals surface area contributed by atoms with Gasteiger partial charge in [-0.3, -0.25) is 9.59 Å². The van der Waals surface area contributed by atoms with E-state index in [9.17, 15) is 9.59 Å². The molecule has 0 saturated carbocycles. The molecule has 1 atom stereocenters. The Kier molecular flexibility index (Phi) is 5.00. The van der Waals surface area contributed by atoms with E-state index < -0.39 is 10.9 Å². The van der Waals surface area contributed by atoms with E-state index in [0.717, 1.165) is 5.56 Å². The van der Waals surface area contributed by atoms with Gasteiger partial charge in [0.15, 0.2) is 0 Å². The van der Waals surface area contributed by atoms with Crippen LogP contribution >= 0.6 is 0 Å². The maximum absolute atomic E-state index is 11.9. The van der Waals surface area contributed by atoms with Crippen molar-refractivity contribution in [1.29, 1.82) is 0 Å². The van der Waals surface area contributed by atoms with Crippen molar-refractivity contribution in [3.63, 3.8) is 0 Å². The number of anilines is 2. The van der Waals surface area contributed by atoms with Crippen LogP contribution in [0.3, 0.4) is 0 Å². The number of hydrogen-bond acceptors (Lipinski definition) is 6. The molecule has 0 bridgehead atoms. The third-order valence-electron chi connectivity index (χ3n) is 4.21. The largest absolute Gasteiger partial charge is 0.467 e. The number of hydrogen-bond donors (Lipinski definition) is 2. The molecule has 3 rings (SSSR count). The molecule has 25 heavy (non-hydrogen) atoms. The first-order valence-electron chi connectivity index (χ1n) is 8.12. The summed E-state index contributed by atoms with van der Waals surface area (Å²) in [7, 11) is 3.97. The summed E-state index contributed by atoms with van der Waals surface area (Å²) in [5, 5.41) is 6.12. The molecular weight excluding hydrogens is 318 g/mol. The lowest BCUT2D eigenvalue weighted by molar-refractivity contribution is 0.312. The van der Waals surface area contributed by atoms with Crippen LogP contribution in [-0.2, 0) is 6.54 Å². The third-order valence-corrected chi connectivity index (χ3v) is 4.21. The van der Waals surface area contributed by atoms with Gasteiger partial charge in [-0.1, -0.05) is 30.3 Å². The quantitative estimate of drug-likeness (QED) is 0.613. The summed E-state index contributed by atoms with van der Waals surface area (Å²) < 4.78 is 5.23.